The Kier molecular flexibility index (Phi) is 8.19. The van der Waals surface area contributed by atoms with E-state index in [1.54, 1.807) is 41.5 Å². The molecule has 1 spiro atoms. The number of thioether (sulfide) groups is 1. The van der Waals surface area contributed by atoms with E-state index >= 15 is 0 Å². The van der Waals surface area contributed by atoms with Gasteiger partial charge in [-0.2, -0.15) is 0 Å². The maximum atomic E-state index is 14.5. The zero-order chi connectivity index (χ0) is 27.8. The highest BCUT2D eigenvalue weighted by molar-refractivity contribution is 8.02. The number of carbonyl (C=O) groups is 3. The third kappa shape index (κ3) is 4.31. The van der Waals surface area contributed by atoms with Crippen molar-refractivity contribution in [2.45, 2.75) is 69.0 Å². The maximum Gasteiger partial charge on any atom is 0.311 e. The zero-order valence-corrected chi connectivity index (χ0v) is 24.0. The molecule has 8 nitrogen and oxygen atoms in total. The number of nitrogens with zero attached hydrogens (tertiary/aromatic N) is 3. The number of ether oxygens (including phenoxy) is 1. The summed E-state index contributed by atoms with van der Waals surface area (Å²) in [5, 5.41) is 10.1. The van der Waals surface area contributed by atoms with E-state index in [9.17, 15) is 19.5 Å². The molecule has 2 amide bonds. The topological polar surface area (TPSA) is 90.4 Å². The van der Waals surface area contributed by atoms with Gasteiger partial charge in [-0.3, -0.25) is 14.4 Å². The number of aliphatic hydroxyl groups excluding tert-OH is 1. The van der Waals surface area contributed by atoms with Gasteiger partial charge in [-0.05, 0) is 71.7 Å². The second-order valence-electron chi connectivity index (χ2n) is 10.7. The lowest BCUT2D eigenvalue weighted by atomic mass is 9.66. The van der Waals surface area contributed by atoms with Crippen LogP contribution in [0.5, 0.6) is 0 Å². The Balaban J connectivity index is 1.77. The first kappa shape index (κ1) is 28.5. The van der Waals surface area contributed by atoms with Crippen LogP contribution in [0.25, 0.3) is 0 Å². The molecule has 6 atom stereocenters. The first-order valence-electron chi connectivity index (χ1n) is 13.7. The summed E-state index contributed by atoms with van der Waals surface area (Å²) in [5.74, 6) is -2.11. The zero-order valence-electron chi connectivity index (χ0n) is 23.2. The Bertz CT molecular complexity index is 1080. The lowest BCUT2D eigenvalue weighted by Gasteiger charge is -2.39. The fourth-order valence-corrected chi connectivity index (χ4v) is 9.15. The van der Waals surface area contributed by atoms with Gasteiger partial charge in [-0.25, -0.2) is 0 Å². The number of aliphatic hydroxyl groups is 1. The summed E-state index contributed by atoms with van der Waals surface area (Å²) in [4.78, 5) is 47.2. The number of esters is 1. The first-order valence-corrected chi connectivity index (χ1v) is 14.5. The fourth-order valence-electron chi connectivity index (χ4n) is 6.83. The summed E-state index contributed by atoms with van der Waals surface area (Å²) >= 11 is 1.60. The molecular weight excluding hydrogens is 502 g/mol. The van der Waals surface area contributed by atoms with Crippen LogP contribution in [-0.4, -0.2) is 82.2 Å². The van der Waals surface area contributed by atoms with Crippen LogP contribution in [0.3, 0.4) is 0 Å². The number of anilines is 2. The van der Waals surface area contributed by atoms with Crippen molar-refractivity contribution in [3.63, 3.8) is 0 Å². The second kappa shape index (κ2) is 10.9. The molecule has 208 valence electrons. The Morgan fingerprint density at radius 2 is 1.84 bits per heavy atom. The largest absolute Gasteiger partial charge is 0.466 e. The lowest BCUT2D eigenvalue weighted by Crippen LogP contribution is -2.57. The van der Waals surface area contributed by atoms with Gasteiger partial charge in [0.1, 0.15) is 6.04 Å². The van der Waals surface area contributed by atoms with Crippen molar-refractivity contribution in [2.24, 2.45) is 11.8 Å². The highest BCUT2D eigenvalue weighted by atomic mass is 32.2. The number of likely N-dealkylation sites (tertiary alicyclic amines) is 1. The average Bonchev–Trinajstić information content (AvgIpc) is 3.48. The second-order valence-corrected chi connectivity index (χ2v) is 12.6. The van der Waals surface area contributed by atoms with Crippen molar-refractivity contribution in [2.75, 3.05) is 42.6 Å². The van der Waals surface area contributed by atoms with Gasteiger partial charge in [0, 0.05) is 35.8 Å². The van der Waals surface area contributed by atoms with Gasteiger partial charge >= 0.3 is 5.97 Å². The van der Waals surface area contributed by atoms with Gasteiger partial charge in [0.15, 0.2) is 0 Å². The van der Waals surface area contributed by atoms with E-state index in [0.29, 0.717) is 6.42 Å². The molecule has 2 unspecified atom stereocenters. The average molecular weight is 544 g/mol. The van der Waals surface area contributed by atoms with Crippen LogP contribution in [0, 0.1) is 11.8 Å². The fraction of sp³-hybridized carbons (Fsp3) is 0.621. The normalized spacial score (nSPS) is 30.2. The maximum absolute atomic E-state index is 14.5. The van der Waals surface area contributed by atoms with E-state index in [0.717, 1.165) is 30.9 Å². The lowest BCUT2D eigenvalue weighted by molar-refractivity contribution is -0.155. The summed E-state index contributed by atoms with van der Waals surface area (Å²) in [6.45, 7) is 15.6. The molecular formula is C29H41N3O5S. The summed E-state index contributed by atoms with van der Waals surface area (Å²) in [6, 6.07) is 6.51. The number of rotatable bonds is 11. The van der Waals surface area contributed by atoms with Gasteiger partial charge in [-0.1, -0.05) is 6.08 Å². The van der Waals surface area contributed by atoms with Gasteiger partial charge in [0.2, 0.25) is 5.91 Å². The Morgan fingerprint density at radius 1 is 1.21 bits per heavy atom. The summed E-state index contributed by atoms with van der Waals surface area (Å²) < 4.78 is 4.20. The van der Waals surface area contributed by atoms with Gasteiger partial charge in [0.05, 0.1) is 35.8 Å². The molecule has 4 rings (SSSR count). The molecule has 0 saturated carbocycles. The van der Waals surface area contributed by atoms with Crippen LogP contribution in [0.1, 0.15) is 47.5 Å². The number of carbonyl (C=O) groups excluding carboxylic acids is 3. The summed E-state index contributed by atoms with van der Waals surface area (Å²) in [7, 11) is 0. The molecule has 3 aliphatic heterocycles. The minimum Gasteiger partial charge on any atom is -0.466 e. The van der Waals surface area contributed by atoms with Gasteiger partial charge < -0.3 is 24.5 Å². The Morgan fingerprint density at radius 3 is 2.39 bits per heavy atom. The number of amides is 2. The molecule has 38 heavy (non-hydrogen) atoms. The van der Waals surface area contributed by atoms with E-state index < -0.39 is 33.4 Å². The molecule has 3 aliphatic rings. The van der Waals surface area contributed by atoms with Crippen molar-refractivity contribution >= 4 is 40.9 Å². The van der Waals surface area contributed by atoms with E-state index in [-0.39, 0.29) is 37.5 Å². The molecule has 2 bridgehead atoms. The van der Waals surface area contributed by atoms with Crippen molar-refractivity contribution < 1.29 is 24.2 Å². The third-order valence-electron chi connectivity index (χ3n) is 8.60. The smallest absolute Gasteiger partial charge is 0.311 e. The molecule has 0 aliphatic carbocycles. The molecule has 3 heterocycles. The van der Waals surface area contributed by atoms with Crippen molar-refractivity contribution in [3.05, 3.63) is 36.9 Å². The number of benzene rings is 1. The van der Waals surface area contributed by atoms with Crippen LogP contribution < -0.4 is 9.80 Å². The van der Waals surface area contributed by atoms with Crippen LogP contribution in [-0.2, 0) is 19.1 Å². The van der Waals surface area contributed by atoms with E-state index in [4.69, 9.17) is 4.74 Å². The Labute approximate surface area is 230 Å². The molecule has 1 aromatic carbocycles. The van der Waals surface area contributed by atoms with Crippen molar-refractivity contribution in [1.82, 2.24) is 4.90 Å². The minimum atomic E-state index is -0.809. The highest BCUT2D eigenvalue weighted by Crippen LogP contribution is 2.71. The minimum absolute atomic E-state index is 0.210. The monoisotopic (exact) mass is 543 g/mol. The van der Waals surface area contributed by atoms with E-state index in [1.165, 1.54) is 0 Å². The van der Waals surface area contributed by atoms with Crippen molar-refractivity contribution in [3.8, 4) is 0 Å². The molecule has 9 heteroatoms. The number of hydrogen-bond donors (Lipinski definition) is 1. The molecule has 3 fully saturated rings. The standard InChI is InChI=1S/C29H41N3O5S/c1-7-17-31(21-13-11-20(12-14-21)30(8-2)9-3)26(35)24-29-16-15-28(6,38-29)23(27(36)37-10-4)22(29)25(34)32(24)19(5)18-33/h7,11-14,19,22-24,33H,1,8-10,15-18H2,2-6H3/t19-,22+,23+,24?,28-,29?/m1/s1. The van der Waals surface area contributed by atoms with E-state index in [1.807, 2.05) is 31.2 Å². The van der Waals surface area contributed by atoms with Crippen LogP contribution >= 0.6 is 11.8 Å². The number of hydrogen-bond acceptors (Lipinski definition) is 7. The molecule has 0 radical (unpaired) electrons. The quantitative estimate of drug-likeness (QED) is 0.338. The van der Waals surface area contributed by atoms with Crippen molar-refractivity contribution in [1.29, 1.82) is 0 Å². The molecule has 3 saturated heterocycles. The summed E-state index contributed by atoms with van der Waals surface area (Å²) in [6.07, 6.45) is 3.05. The molecule has 1 aromatic rings. The third-order valence-corrected chi connectivity index (χ3v) is 10.6. The predicted molar refractivity (Wildman–Crippen MR) is 151 cm³/mol. The van der Waals surface area contributed by atoms with E-state index in [2.05, 4.69) is 25.3 Å². The number of fused-ring (bicyclic) bond motifs is 1. The van der Waals surface area contributed by atoms with Crippen LogP contribution in [0.4, 0.5) is 11.4 Å². The SMILES string of the molecule is C=CCN(C(=O)C1N([C@H](C)CO)C(=O)[C@@H]2[C@@H](C(=O)OCC)[C@@]3(C)CCC12S3)c1ccc(N(CC)CC)cc1. The van der Waals surface area contributed by atoms with Crippen LogP contribution in [0.15, 0.2) is 36.9 Å². The highest BCUT2D eigenvalue weighted by Gasteiger charge is 2.78. The van der Waals surface area contributed by atoms with Crippen LogP contribution in [0.2, 0.25) is 0 Å². The summed E-state index contributed by atoms with van der Waals surface area (Å²) in [5.41, 5.74) is 1.80. The first-order chi connectivity index (χ1) is 18.1. The predicted octanol–water partition coefficient (Wildman–Crippen LogP) is 3.48. The van der Waals surface area contributed by atoms with Gasteiger partial charge in [-0.15, -0.1) is 18.3 Å². The molecule has 0 aromatic heterocycles. The van der Waals surface area contributed by atoms with Gasteiger partial charge in [0.25, 0.3) is 5.91 Å². The molecule has 1 N–H and O–H groups in total. The Hall–Kier alpha value is -2.52.